The van der Waals surface area contributed by atoms with Crippen LogP contribution in [-0.2, 0) is 0 Å². The molecule has 0 spiro atoms. The van der Waals surface area contributed by atoms with Crippen molar-refractivity contribution in [2.24, 2.45) is 5.84 Å². The van der Waals surface area contributed by atoms with Gasteiger partial charge in [-0.25, -0.2) is 10.4 Å². The molecule has 0 amide bonds. The van der Waals surface area contributed by atoms with Crippen molar-refractivity contribution in [3.8, 4) is 5.88 Å². The largest absolute Gasteiger partial charge is 0.480 e. The average Bonchev–Trinajstić information content (AvgIpc) is 2.56. The SMILES string of the molecule is COc1nccnc1C(NN)c1cccc2ccccc12. The van der Waals surface area contributed by atoms with Crippen molar-refractivity contribution in [3.05, 3.63) is 66.1 Å². The molecule has 0 aliphatic heterocycles. The summed E-state index contributed by atoms with van der Waals surface area (Å²) in [7, 11) is 1.57. The van der Waals surface area contributed by atoms with Gasteiger partial charge in [0.2, 0.25) is 5.88 Å². The van der Waals surface area contributed by atoms with E-state index in [2.05, 4.69) is 33.6 Å². The topological polar surface area (TPSA) is 73.1 Å². The molecule has 21 heavy (non-hydrogen) atoms. The Labute approximate surface area is 122 Å². The highest BCUT2D eigenvalue weighted by Crippen LogP contribution is 2.30. The predicted octanol–water partition coefficient (Wildman–Crippen LogP) is 2.19. The molecule has 5 heteroatoms. The number of benzene rings is 2. The van der Waals surface area contributed by atoms with Crippen LogP contribution in [0.2, 0.25) is 0 Å². The molecule has 0 radical (unpaired) electrons. The van der Waals surface area contributed by atoms with Crippen LogP contribution in [0.1, 0.15) is 17.3 Å². The molecule has 0 aliphatic rings. The number of ether oxygens (including phenoxy) is 1. The third-order valence-electron chi connectivity index (χ3n) is 3.46. The second-order valence-electron chi connectivity index (χ2n) is 4.62. The lowest BCUT2D eigenvalue weighted by Gasteiger charge is -2.19. The van der Waals surface area contributed by atoms with Gasteiger partial charge in [-0.2, -0.15) is 0 Å². The summed E-state index contributed by atoms with van der Waals surface area (Å²) in [5, 5.41) is 2.27. The van der Waals surface area contributed by atoms with Gasteiger partial charge in [0, 0.05) is 12.4 Å². The third kappa shape index (κ3) is 2.44. The lowest BCUT2D eigenvalue weighted by molar-refractivity contribution is 0.383. The van der Waals surface area contributed by atoms with Gasteiger partial charge in [-0.3, -0.25) is 10.8 Å². The Morgan fingerprint density at radius 1 is 1.05 bits per heavy atom. The zero-order valence-electron chi connectivity index (χ0n) is 11.7. The summed E-state index contributed by atoms with van der Waals surface area (Å²) in [5.41, 5.74) is 4.52. The molecular weight excluding hydrogens is 264 g/mol. The van der Waals surface area contributed by atoms with Crippen LogP contribution >= 0.6 is 0 Å². The minimum atomic E-state index is -0.292. The molecule has 0 saturated carbocycles. The van der Waals surface area contributed by atoms with E-state index in [1.807, 2.05) is 24.3 Å². The summed E-state index contributed by atoms with van der Waals surface area (Å²) in [6.07, 6.45) is 3.23. The molecule has 0 fully saturated rings. The zero-order valence-corrected chi connectivity index (χ0v) is 11.7. The minimum absolute atomic E-state index is 0.292. The fraction of sp³-hybridized carbons (Fsp3) is 0.125. The molecule has 1 aromatic heterocycles. The van der Waals surface area contributed by atoms with E-state index in [1.54, 1.807) is 19.5 Å². The molecular formula is C16H16N4O. The molecule has 2 aromatic carbocycles. The Kier molecular flexibility index (Phi) is 3.77. The van der Waals surface area contributed by atoms with Crippen LogP contribution in [0, 0.1) is 0 Å². The summed E-state index contributed by atoms with van der Waals surface area (Å²) >= 11 is 0. The van der Waals surface area contributed by atoms with Crippen LogP contribution in [-0.4, -0.2) is 17.1 Å². The fourth-order valence-electron chi connectivity index (χ4n) is 2.51. The van der Waals surface area contributed by atoms with Gasteiger partial charge in [-0.05, 0) is 16.3 Å². The number of rotatable bonds is 4. The van der Waals surface area contributed by atoms with Crippen LogP contribution in [0.4, 0.5) is 0 Å². The maximum atomic E-state index is 5.78. The Hall–Kier alpha value is -2.50. The van der Waals surface area contributed by atoms with E-state index >= 15 is 0 Å². The molecule has 0 bridgehead atoms. The summed E-state index contributed by atoms with van der Waals surface area (Å²) in [6.45, 7) is 0. The highest BCUT2D eigenvalue weighted by Gasteiger charge is 2.21. The first-order chi connectivity index (χ1) is 10.3. The average molecular weight is 280 g/mol. The number of nitrogens with two attached hydrogens (primary N) is 1. The van der Waals surface area contributed by atoms with Gasteiger partial charge < -0.3 is 4.74 Å². The van der Waals surface area contributed by atoms with Crippen molar-refractivity contribution in [1.29, 1.82) is 0 Å². The molecule has 3 N–H and O–H groups in total. The van der Waals surface area contributed by atoms with Crippen LogP contribution in [0.5, 0.6) is 5.88 Å². The van der Waals surface area contributed by atoms with Gasteiger partial charge >= 0.3 is 0 Å². The lowest BCUT2D eigenvalue weighted by Crippen LogP contribution is -2.30. The van der Waals surface area contributed by atoms with E-state index in [0.717, 1.165) is 16.3 Å². The van der Waals surface area contributed by atoms with Gasteiger partial charge in [0.1, 0.15) is 5.69 Å². The lowest BCUT2D eigenvalue weighted by atomic mass is 9.97. The van der Waals surface area contributed by atoms with Gasteiger partial charge in [-0.1, -0.05) is 42.5 Å². The number of hydrazine groups is 1. The van der Waals surface area contributed by atoms with E-state index in [-0.39, 0.29) is 6.04 Å². The molecule has 1 atom stereocenters. The first-order valence-electron chi connectivity index (χ1n) is 6.64. The van der Waals surface area contributed by atoms with E-state index in [4.69, 9.17) is 10.6 Å². The Morgan fingerprint density at radius 3 is 2.62 bits per heavy atom. The second-order valence-corrected chi connectivity index (χ2v) is 4.62. The van der Waals surface area contributed by atoms with E-state index < -0.39 is 0 Å². The molecule has 106 valence electrons. The molecule has 3 aromatic rings. The molecule has 1 unspecified atom stereocenters. The smallest absolute Gasteiger partial charge is 0.237 e. The maximum Gasteiger partial charge on any atom is 0.237 e. The van der Waals surface area contributed by atoms with Gasteiger partial charge in [-0.15, -0.1) is 0 Å². The Bertz CT molecular complexity index is 755. The van der Waals surface area contributed by atoms with E-state index in [9.17, 15) is 0 Å². The number of methoxy groups -OCH3 is 1. The standard InChI is InChI=1S/C16H16N4O/c1-21-16-15(18-9-10-19-16)14(20-17)13-8-4-6-11-5-2-3-7-12(11)13/h2-10,14,20H,17H2,1H3. The van der Waals surface area contributed by atoms with E-state index in [0.29, 0.717) is 11.6 Å². The molecule has 0 saturated heterocycles. The van der Waals surface area contributed by atoms with Crippen LogP contribution in [0.25, 0.3) is 10.8 Å². The van der Waals surface area contributed by atoms with Gasteiger partial charge in [0.15, 0.2) is 0 Å². The number of hydrogen-bond acceptors (Lipinski definition) is 5. The fourth-order valence-corrected chi connectivity index (χ4v) is 2.51. The first-order valence-corrected chi connectivity index (χ1v) is 6.64. The van der Waals surface area contributed by atoms with Crippen molar-refractivity contribution in [2.45, 2.75) is 6.04 Å². The molecule has 3 rings (SSSR count). The van der Waals surface area contributed by atoms with Crippen molar-refractivity contribution in [1.82, 2.24) is 15.4 Å². The number of fused-ring (bicyclic) bond motifs is 1. The van der Waals surface area contributed by atoms with Crippen LogP contribution < -0.4 is 16.0 Å². The second kappa shape index (κ2) is 5.87. The Morgan fingerprint density at radius 2 is 1.81 bits per heavy atom. The molecule has 5 nitrogen and oxygen atoms in total. The van der Waals surface area contributed by atoms with E-state index in [1.165, 1.54) is 0 Å². The quantitative estimate of drug-likeness (QED) is 0.566. The molecule has 0 aliphatic carbocycles. The third-order valence-corrected chi connectivity index (χ3v) is 3.46. The number of nitrogens with one attached hydrogen (secondary N) is 1. The summed E-state index contributed by atoms with van der Waals surface area (Å²) in [4.78, 5) is 8.57. The van der Waals surface area contributed by atoms with Crippen LogP contribution in [0.3, 0.4) is 0 Å². The zero-order chi connectivity index (χ0) is 14.7. The van der Waals surface area contributed by atoms with Crippen LogP contribution in [0.15, 0.2) is 54.9 Å². The van der Waals surface area contributed by atoms with Crippen molar-refractivity contribution >= 4 is 10.8 Å². The predicted molar refractivity (Wildman–Crippen MR) is 81.7 cm³/mol. The Balaban J connectivity index is 2.19. The maximum absolute atomic E-state index is 5.78. The minimum Gasteiger partial charge on any atom is -0.480 e. The van der Waals surface area contributed by atoms with Gasteiger partial charge in [0.05, 0.1) is 13.2 Å². The first kappa shape index (κ1) is 13.5. The number of nitrogens with zero attached hydrogens (tertiary/aromatic N) is 2. The van der Waals surface area contributed by atoms with Gasteiger partial charge in [0.25, 0.3) is 0 Å². The molecule has 1 heterocycles. The summed E-state index contributed by atoms with van der Waals surface area (Å²) < 4.78 is 5.29. The monoisotopic (exact) mass is 280 g/mol. The highest BCUT2D eigenvalue weighted by molar-refractivity contribution is 5.86. The van der Waals surface area contributed by atoms with Crippen molar-refractivity contribution < 1.29 is 4.74 Å². The van der Waals surface area contributed by atoms with Crippen molar-refractivity contribution in [3.63, 3.8) is 0 Å². The highest BCUT2D eigenvalue weighted by atomic mass is 16.5. The summed E-state index contributed by atoms with van der Waals surface area (Å²) in [5.74, 6) is 6.24. The van der Waals surface area contributed by atoms with Crippen molar-refractivity contribution in [2.75, 3.05) is 7.11 Å². The summed E-state index contributed by atoms with van der Waals surface area (Å²) in [6, 6.07) is 14.0. The number of hydrogen-bond donors (Lipinski definition) is 2. The normalized spacial score (nSPS) is 12.3. The number of aromatic nitrogens is 2.